The van der Waals surface area contributed by atoms with Gasteiger partial charge in [0.25, 0.3) is 5.91 Å². The summed E-state index contributed by atoms with van der Waals surface area (Å²) >= 11 is 1.32. The van der Waals surface area contributed by atoms with E-state index in [4.69, 9.17) is 9.47 Å². The summed E-state index contributed by atoms with van der Waals surface area (Å²) in [6.07, 6.45) is 1.77. The number of amides is 1. The molecule has 0 unspecified atom stereocenters. The summed E-state index contributed by atoms with van der Waals surface area (Å²) < 4.78 is 25.4. The number of hydrogen-bond acceptors (Lipinski definition) is 4. The Bertz CT molecular complexity index is 681. The van der Waals surface area contributed by atoms with Crippen LogP contribution in [-0.2, 0) is 20.8 Å². The first kappa shape index (κ1) is 16.5. The molecule has 0 radical (unpaired) electrons. The molecule has 22 heavy (non-hydrogen) atoms. The van der Waals surface area contributed by atoms with Crippen LogP contribution in [0.4, 0.5) is 4.39 Å². The van der Waals surface area contributed by atoms with Crippen LogP contribution in [-0.4, -0.2) is 37.4 Å². The van der Waals surface area contributed by atoms with E-state index in [1.54, 1.807) is 41.5 Å². The monoisotopic (exact) mass is 324 g/mol. The van der Waals surface area contributed by atoms with Gasteiger partial charge < -0.3 is 14.0 Å². The second kappa shape index (κ2) is 8.57. The van der Waals surface area contributed by atoms with Crippen LogP contribution >= 0.6 is 11.3 Å². The maximum absolute atomic E-state index is 13.7. The number of hydrogen-bond donors (Lipinski definition) is 0. The minimum atomic E-state index is -0.374. The molecule has 0 fully saturated rings. The maximum Gasteiger partial charge on any atom is 0.274 e. The van der Waals surface area contributed by atoms with Crippen molar-refractivity contribution in [2.75, 3.05) is 26.9 Å². The van der Waals surface area contributed by atoms with Crippen molar-refractivity contribution in [2.45, 2.75) is 6.54 Å². The topological polar surface area (TPSA) is 52.8 Å². The third kappa shape index (κ3) is 4.87. The molecule has 1 aromatic carbocycles. The van der Waals surface area contributed by atoms with Gasteiger partial charge >= 0.3 is 0 Å². The van der Waals surface area contributed by atoms with Crippen molar-refractivity contribution in [2.24, 2.45) is 4.99 Å². The van der Waals surface area contributed by atoms with Crippen molar-refractivity contribution in [3.8, 4) is 0 Å². The van der Waals surface area contributed by atoms with Crippen LogP contribution in [0.2, 0.25) is 0 Å². The van der Waals surface area contributed by atoms with E-state index >= 15 is 0 Å². The van der Waals surface area contributed by atoms with E-state index in [2.05, 4.69) is 4.99 Å². The molecule has 2 aromatic rings. The highest BCUT2D eigenvalue weighted by atomic mass is 32.1. The first-order chi connectivity index (χ1) is 10.7. The van der Waals surface area contributed by atoms with Gasteiger partial charge in [0.2, 0.25) is 0 Å². The number of thiazole rings is 1. The van der Waals surface area contributed by atoms with Gasteiger partial charge in [0.1, 0.15) is 12.4 Å². The number of halogens is 1. The van der Waals surface area contributed by atoms with Gasteiger partial charge in [0.05, 0.1) is 19.8 Å². The number of nitrogens with zero attached hydrogens (tertiary/aromatic N) is 2. The van der Waals surface area contributed by atoms with Crippen molar-refractivity contribution in [3.05, 3.63) is 52.0 Å². The lowest BCUT2D eigenvalue weighted by atomic mass is 10.2. The highest BCUT2D eigenvalue weighted by molar-refractivity contribution is 7.07. The molecule has 0 saturated carbocycles. The number of carbonyl (C=O) groups is 1. The van der Waals surface area contributed by atoms with Gasteiger partial charge in [-0.15, -0.1) is 11.3 Å². The minimum absolute atomic E-state index is 0.0963. The van der Waals surface area contributed by atoms with Crippen molar-refractivity contribution in [1.29, 1.82) is 0 Å². The highest BCUT2D eigenvalue weighted by Crippen LogP contribution is 2.07. The van der Waals surface area contributed by atoms with E-state index in [9.17, 15) is 9.18 Å². The zero-order valence-electron chi connectivity index (χ0n) is 12.2. The predicted molar refractivity (Wildman–Crippen MR) is 81.1 cm³/mol. The normalized spacial score (nSPS) is 11.8. The molecule has 0 bridgehead atoms. The highest BCUT2D eigenvalue weighted by Gasteiger charge is 2.05. The SMILES string of the molecule is COCCOCC(=O)N=c1sccn1Cc1ccccc1F. The molecule has 2 rings (SSSR count). The fraction of sp³-hybridized carbons (Fsp3) is 0.333. The van der Waals surface area contributed by atoms with Crippen molar-refractivity contribution < 1.29 is 18.7 Å². The average molecular weight is 324 g/mol. The lowest BCUT2D eigenvalue weighted by molar-refractivity contribution is -0.123. The predicted octanol–water partition coefficient (Wildman–Crippen LogP) is 1.83. The van der Waals surface area contributed by atoms with Gasteiger partial charge in [-0.1, -0.05) is 18.2 Å². The van der Waals surface area contributed by atoms with E-state index in [1.807, 2.05) is 0 Å². The average Bonchev–Trinajstić information content (AvgIpc) is 2.93. The van der Waals surface area contributed by atoms with Gasteiger partial charge in [-0.3, -0.25) is 4.79 Å². The lowest BCUT2D eigenvalue weighted by Crippen LogP contribution is -2.19. The molecule has 1 aromatic heterocycles. The summed E-state index contributed by atoms with van der Waals surface area (Å²) in [6, 6.07) is 6.54. The summed E-state index contributed by atoms with van der Waals surface area (Å²) in [7, 11) is 1.56. The summed E-state index contributed by atoms with van der Waals surface area (Å²) in [5.74, 6) is -0.651. The van der Waals surface area contributed by atoms with Crippen LogP contribution in [0.1, 0.15) is 5.56 Å². The van der Waals surface area contributed by atoms with E-state index < -0.39 is 0 Å². The van der Waals surface area contributed by atoms with Crippen LogP contribution in [0.3, 0.4) is 0 Å². The summed E-state index contributed by atoms with van der Waals surface area (Å²) in [5.41, 5.74) is 0.547. The number of rotatable bonds is 7. The smallest absolute Gasteiger partial charge is 0.274 e. The van der Waals surface area contributed by atoms with E-state index in [1.165, 1.54) is 17.4 Å². The van der Waals surface area contributed by atoms with E-state index in [-0.39, 0.29) is 18.3 Å². The second-order valence-electron chi connectivity index (χ2n) is 4.46. The summed E-state index contributed by atoms with van der Waals surface area (Å²) in [5, 5.41) is 1.80. The van der Waals surface area contributed by atoms with Crippen LogP contribution in [0.5, 0.6) is 0 Å². The first-order valence-corrected chi connectivity index (χ1v) is 7.60. The Balaban J connectivity index is 2.04. The first-order valence-electron chi connectivity index (χ1n) is 6.72. The molecular formula is C15H17FN2O3S. The number of aromatic nitrogens is 1. The molecule has 1 amide bonds. The Morgan fingerprint density at radius 3 is 2.95 bits per heavy atom. The Hall–Kier alpha value is -1.83. The van der Waals surface area contributed by atoms with Crippen LogP contribution < -0.4 is 4.80 Å². The molecule has 0 N–H and O–H groups in total. The molecule has 0 atom stereocenters. The molecule has 1 heterocycles. The fourth-order valence-corrected chi connectivity index (χ4v) is 2.50. The van der Waals surface area contributed by atoms with Gasteiger partial charge in [-0.2, -0.15) is 4.99 Å². The van der Waals surface area contributed by atoms with Crippen molar-refractivity contribution >= 4 is 17.2 Å². The van der Waals surface area contributed by atoms with Crippen molar-refractivity contribution in [3.63, 3.8) is 0 Å². The molecule has 0 aliphatic carbocycles. The summed E-state index contributed by atoms with van der Waals surface area (Å²) in [4.78, 5) is 16.2. The quantitative estimate of drug-likeness (QED) is 0.730. The van der Waals surface area contributed by atoms with Gasteiger partial charge in [-0.25, -0.2) is 4.39 Å². The third-order valence-electron chi connectivity index (χ3n) is 2.84. The number of methoxy groups -OCH3 is 1. The van der Waals surface area contributed by atoms with E-state index in [0.717, 1.165) is 0 Å². The molecule has 0 spiro atoms. The zero-order valence-corrected chi connectivity index (χ0v) is 13.0. The van der Waals surface area contributed by atoms with Crippen LogP contribution in [0.25, 0.3) is 0 Å². The van der Waals surface area contributed by atoms with Gasteiger partial charge in [-0.05, 0) is 6.07 Å². The van der Waals surface area contributed by atoms with Crippen molar-refractivity contribution in [1.82, 2.24) is 4.57 Å². The molecule has 0 aliphatic heterocycles. The molecule has 5 nitrogen and oxygen atoms in total. The number of benzene rings is 1. The Kier molecular flexibility index (Phi) is 6.45. The third-order valence-corrected chi connectivity index (χ3v) is 3.63. The summed E-state index contributed by atoms with van der Waals surface area (Å²) in [6.45, 7) is 1.00. The van der Waals surface area contributed by atoms with Gasteiger partial charge in [0, 0.05) is 24.3 Å². The Morgan fingerprint density at radius 2 is 2.18 bits per heavy atom. The number of carbonyl (C=O) groups excluding carboxylic acids is 1. The van der Waals surface area contributed by atoms with Crippen LogP contribution in [0.15, 0.2) is 40.8 Å². The second-order valence-corrected chi connectivity index (χ2v) is 5.33. The molecule has 7 heteroatoms. The molecule has 0 saturated heterocycles. The molecule has 0 aliphatic rings. The van der Waals surface area contributed by atoms with Gasteiger partial charge in [0.15, 0.2) is 4.80 Å². The Morgan fingerprint density at radius 1 is 1.36 bits per heavy atom. The lowest BCUT2D eigenvalue weighted by Gasteiger charge is -2.04. The standard InChI is InChI=1S/C15H17FN2O3S/c1-20-7-8-21-11-14(19)17-15-18(6-9-22-15)10-12-4-2-3-5-13(12)16/h2-6,9H,7-8,10-11H2,1H3. The minimum Gasteiger partial charge on any atom is -0.382 e. The van der Waals surface area contributed by atoms with Crippen LogP contribution in [0, 0.1) is 5.82 Å². The Labute approximate surface area is 131 Å². The van der Waals surface area contributed by atoms with E-state index in [0.29, 0.717) is 30.1 Å². The largest absolute Gasteiger partial charge is 0.382 e. The molecular weight excluding hydrogens is 307 g/mol. The molecule has 118 valence electrons. The maximum atomic E-state index is 13.7. The fourth-order valence-electron chi connectivity index (χ4n) is 1.76. The zero-order chi connectivity index (χ0) is 15.8. The number of ether oxygens (including phenoxy) is 2.